The Morgan fingerprint density at radius 1 is 0.409 bits per heavy atom. The van der Waals surface area contributed by atoms with Crippen LogP contribution in [0.3, 0.4) is 0 Å². The van der Waals surface area contributed by atoms with E-state index in [-0.39, 0.29) is 0 Å². The van der Waals surface area contributed by atoms with Gasteiger partial charge in [0.15, 0.2) is 11.5 Å². The number of hydrogen-bond donors (Lipinski definition) is 0. The Balaban J connectivity index is 1.23. The molecule has 0 spiro atoms. The van der Waals surface area contributed by atoms with Crippen LogP contribution in [0.25, 0.3) is 66.2 Å². The number of aromatic nitrogens is 4. The summed E-state index contributed by atoms with van der Waals surface area (Å²) in [7, 11) is 0. The first-order valence-electron chi connectivity index (χ1n) is 14.4. The first-order valence-corrected chi connectivity index (χ1v) is 14.4. The van der Waals surface area contributed by atoms with Crippen LogP contribution in [0.2, 0.25) is 0 Å². The number of hydrogen-bond acceptors (Lipinski definition) is 6. The smallest absolute Gasteiger partial charge is 0.284 e. The predicted octanol–water partition coefficient (Wildman–Crippen LogP) is 9.63. The molecule has 8 aromatic rings. The Labute approximate surface area is 252 Å². The average Bonchev–Trinajstić information content (AvgIpc) is 3.09. The Bertz CT molecular complexity index is 2350. The van der Waals surface area contributed by atoms with Gasteiger partial charge in [0.25, 0.3) is 11.8 Å². The van der Waals surface area contributed by atoms with Gasteiger partial charge in [-0.1, -0.05) is 72.8 Å². The van der Waals surface area contributed by atoms with E-state index >= 15 is 0 Å². The molecule has 0 amide bonds. The van der Waals surface area contributed by atoms with Crippen molar-refractivity contribution in [3.8, 4) is 56.9 Å². The SMILES string of the molecule is c1cc(-c2ccncc2)nc(-c2c3ccccc3c(-c3ccc4c(c3)Oc3nc5ccccc5nc3O4)c3ccccc23)c1. The van der Waals surface area contributed by atoms with Crippen LogP contribution in [-0.2, 0) is 0 Å². The van der Waals surface area contributed by atoms with Crippen molar-refractivity contribution in [3.63, 3.8) is 0 Å². The third-order valence-corrected chi connectivity index (χ3v) is 8.07. The number of fused-ring (bicyclic) bond motifs is 5. The summed E-state index contributed by atoms with van der Waals surface area (Å²) >= 11 is 0. The molecule has 0 saturated carbocycles. The lowest BCUT2D eigenvalue weighted by Crippen LogP contribution is -2.03. The maximum Gasteiger partial charge on any atom is 0.284 e. The molecule has 5 aromatic carbocycles. The quantitative estimate of drug-likeness (QED) is 0.198. The van der Waals surface area contributed by atoms with Gasteiger partial charge >= 0.3 is 0 Å². The van der Waals surface area contributed by atoms with Gasteiger partial charge in [0.05, 0.1) is 22.4 Å². The molecule has 1 aliphatic rings. The molecule has 0 unspecified atom stereocenters. The Morgan fingerprint density at radius 3 is 1.64 bits per heavy atom. The molecule has 0 N–H and O–H groups in total. The summed E-state index contributed by atoms with van der Waals surface area (Å²) in [5.41, 5.74) is 7.60. The fourth-order valence-electron chi connectivity index (χ4n) is 6.11. The summed E-state index contributed by atoms with van der Waals surface area (Å²) in [5.74, 6) is 1.93. The first kappa shape index (κ1) is 24.5. The molecule has 4 heterocycles. The summed E-state index contributed by atoms with van der Waals surface area (Å²) in [6.45, 7) is 0. The molecule has 1 aliphatic heterocycles. The normalized spacial score (nSPS) is 12.0. The number of para-hydroxylation sites is 2. The molecule has 44 heavy (non-hydrogen) atoms. The minimum atomic E-state index is 0.360. The number of ether oxygens (including phenoxy) is 2. The van der Waals surface area contributed by atoms with E-state index in [1.807, 2.05) is 54.6 Å². The summed E-state index contributed by atoms with van der Waals surface area (Å²) < 4.78 is 12.5. The van der Waals surface area contributed by atoms with Crippen molar-refractivity contribution in [2.45, 2.75) is 0 Å². The second kappa shape index (κ2) is 9.71. The lowest BCUT2D eigenvalue weighted by Gasteiger charge is -2.21. The molecule has 0 atom stereocenters. The van der Waals surface area contributed by atoms with Crippen LogP contribution in [0.1, 0.15) is 0 Å². The van der Waals surface area contributed by atoms with Gasteiger partial charge in [-0.15, -0.1) is 0 Å². The van der Waals surface area contributed by atoms with E-state index < -0.39 is 0 Å². The van der Waals surface area contributed by atoms with Crippen LogP contribution in [0, 0.1) is 0 Å². The lowest BCUT2D eigenvalue weighted by atomic mass is 9.87. The maximum absolute atomic E-state index is 6.31. The van der Waals surface area contributed by atoms with Crippen LogP contribution >= 0.6 is 0 Å². The second-order valence-corrected chi connectivity index (χ2v) is 10.7. The van der Waals surface area contributed by atoms with E-state index in [9.17, 15) is 0 Å². The van der Waals surface area contributed by atoms with Crippen molar-refractivity contribution in [1.82, 2.24) is 19.9 Å². The fraction of sp³-hybridized carbons (Fsp3) is 0. The van der Waals surface area contributed by atoms with Crippen molar-refractivity contribution >= 4 is 32.6 Å². The zero-order valence-electron chi connectivity index (χ0n) is 23.3. The molecule has 0 radical (unpaired) electrons. The highest BCUT2D eigenvalue weighted by molar-refractivity contribution is 6.21. The van der Waals surface area contributed by atoms with Gasteiger partial charge in [-0.3, -0.25) is 4.98 Å². The predicted molar refractivity (Wildman–Crippen MR) is 173 cm³/mol. The second-order valence-electron chi connectivity index (χ2n) is 10.7. The molecule has 0 saturated heterocycles. The Hall–Kier alpha value is -6.14. The van der Waals surface area contributed by atoms with Crippen molar-refractivity contribution in [2.75, 3.05) is 0 Å². The standard InChI is InChI=1S/C38H22N4O2/c1-3-10-27-25(8-1)35(24-16-17-33-34(22-24)44-38-37(43-33)41-30-12-5-6-13-31(30)42-38)26-9-2-4-11-28(26)36(27)32-15-7-14-29(40-32)23-18-20-39-21-19-23/h1-22H. The summed E-state index contributed by atoms with van der Waals surface area (Å²) in [4.78, 5) is 18.6. The molecular weight excluding hydrogens is 544 g/mol. The topological polar surface area (TPSA) is 70.0 Å². The van der Waals surface area contributed by atoms with Gasteiger partial charge in [-0.25, -0.2) is 15.0 Å². The van der Waals surface area contributed by atoms with Crippen molar-refractivity contribution in [1.29, 1.82) is 0 Å². The lowest BCUT2D eigenvalue weighted by molar-refractivity contribution is 0.339. The summed E-state index contributed by atoms with van der Waals surface area (Å²) in [5, 5.41) is 4.50. The first-order chi connectivity index (χ1) is 21.8. The maximum atomic E-state index is 6.31. The molecule has 0 bridgehead atoms. The third-order valence-electron chi connectivity index (χ3n) is 8.07. The Kier molecular flexibility index (Phi) is 5.40. The van der Waals surface area contributed by atoms with Crippen molar-refractivity contribution in [3.05, 3.63) is 134 Å². The van der Waals surface area contributed by atoms with Crippen LogP contribution in [0.4, 0.5) is 0 Å². The third kappa shape index (κ3) is 3.89. The van der Waals surface area contributed by atoms with Crippen LogP contribution < -0.4 is 9.47 Å². The highest BCUT2D eigenvalue weighted by Gasteiger charge is 2.24. The van der Waals surface area contributed by atoms with Crippen molar-refractivity contribution < 1.29 is 9.47 Å². The molecular formula is C38H22N4O2. The van der Waals surface area contributed by atoms with E-state index in [1.54, 1.807) is 12.4 Å². The number of nitrogens with zero attached hydrogens (tertiary/aromatic N) is 4. The van der Waals surface area contributed by atoms with E-state index in [0.29, 0.717) is 23.3 Å². The molecule has 206 valence electrons. The zero-order valence-corrected chi connectivity index (χ0v) is 23.3. The average molecular weight is 567 g/mol. The van der Waals surface area contributed by atoms with E-state index in [2.05, 4.69) is 81.7 Å². The van der Waals surface area contributed by atoms with E-state index in [0.717, 1.165) is 66.2 Å². The van der Waals surface area contributed by atoms with Gasteiger partial charge < -0.3 is 9.47 Å². The fourth-order valence-corrected chi connectivity index (χ4v) is 6.11. The molecule has 0 fully saturated rings. The minimum absolute atomic E-state index is 0.360. The number of benzene rings is 5. The highest BCUT2D eigenvalue weighted by atomic mass is 16.6. The Morgan fingerprint density at radius 2 is 0.977 bits per heavy atom. The molecule has 9 rings (SSSR count). The van der Waals surface area contributed by atoms with Gasteiger partial charge in [-0.05, 0) is 81.2 Å². The molecule has 6 nitrogen and oxygen atoms in total. The van der Waals surface area contributed by atoms with Gasteiger partial charge in [0.2, 0.25) is 0 Å². The van der Waals surface area contributed by atoms with E-state index in [1.165, 1.54) is 0 Å². The van der Waals surface area contributed by atoms with Crippen LogP contribution in [-0.4, -0.2) is 19.9 Å². The molecule has 3 aromatic heterocycles. The largest absolute Gasteiger partial charge is 0.431 e. The van der Waals surface area contributed by atoms with Crippen LogP contribution in [0.15, 0.2) is 134 Å². The number of rotatable bonds is 3. The molecule has 6 heteroatoms. The minimum Gasteiger partial charge on any atom is -0.431 e. The van der Waals surface area contributed by atoms with Gasteiger partial charge in [0.1, 0.15) is 0 Å². The summed E-state index contributed by atoms with van der Waals surface area (Å²) in [6.07, 6.45) is 3.59. The highest BCUT2D eigenvalue weighted by Crippen LogP contribution is 2.48. The van der Waals surface area contributed by atoms with Gasteiger partial charge in [-0.2, -0.15) is 0 Å². The molecule has 0 aliphatic carbocycles. The monoisotopic (exact) mass is 566 g/mol. The summed E-state index contributed by atoms with van der Waals surface area (Å²) in [6, 6.07) is 41.0. The van der Waals surface area contributed by atoms with Gasteiger partial charge in [0, 0.05) is 23.5 Å². The van der Waals surface area contributed by atoms with Crippen LogP contribution in [0.5, 0.6) is 23.3 Å². The van der Waals surface area contributed by atoms with Crippen molar-refractivity contribution in [2.24, 2.45) is 0 Å². The zero-order chi connectivity index (χ0) is 29.0. The number of pyridine rings is 2. The van der Waals surface area contributed by atoms with E-state index in [4.69, 9.17) is 14.5 Å².